The fourth-order valence-electron chi connectivity index (χ4n) is 3.58. The minimum absolute atomic E-state index is 0.110. The van der Waals surface area contributed by atoms with Crippen molar-refractivity contribution in [2.24, 2.45) is 0 Å². The molecule has 0 aliphatic carbocycles. The third-order valence-corrected chi connectivity index (χ3v) is 5.54. The topological polar surface area (TPSA) is 97.1 Å². The van der Waals surface area contributed by atoms with Crippen molar-refractivity contribution in [2.75, 3.05) is 11.5 Å². The van der Waals surface area contributed by atoms with E-state index in [9.17, 15) is 19.2 Å². The van der Waals surface area contributed by atoms with E-state index in [1.54, 1.807) is 13.0 Å². The molecule has 0 spiro atoms. The number of nitrogens with zero attached hydrogens (tertiary/aromatic N) is 2. The highest BCUT2D eigenvalue weighted by Crippen LogP contribution is 2.32. The van der Waals surface area contributed by atoms with Crippen LogP contribution < -0.4 is 4.90 Å². The molecule has 8 heteroatoms. The van der Waals surface area contributed by atoms with E-state index in [2.05, 4.69) is 0 Å². The Bertz CT molecular complexity index is 978. The number of carbonyl (C=O) groups is 4. The first-order chi connectivity index (χ1) is 14.7. The van der Waals surface area contributed by atoms with Crippen molar-refractivity contribution in [1.29, 1.82) is 0 Å². The summed E-state index contributed by atoms with van der Waals surface area (Å²) in [5, 5.41) is 0. The number of amides is 3. The first-order valence-corrected chi connectivity index (χ1v) is 10.2. The molecule has 1 saturated heterocycles. The monoisotopic (exact) mass is 426 g/mol. The number of rotatable bonds is 7. The molecule has 8 nitrogen and oxygen atoms in total. The molecule has 1 atom stereocenters. The van der Waals surface area contributed by atoms with Gasteiger partial charge in [-0.2, -0.15) is 0 Å². The molecular weight excluding hydrogens is 400 g/mol. The quantitative estimate of drug-likeness (QED) is 0.497. The molecular formula is C23H26N2O6. The summed E-state index contributed by atoms with van der Waals surface area (Å²) < 4.78 is 10.2. The van der Waals surface area contributed by atoms with Gasteiger partial charge in [0.1, 0.15) is 6.04 Å². The smallest absolute Gasteiger partial charge is 0.338 e. The Morgan fingerprint density at radius 2 is 1.84 bits per heavy atom. The zero-order valence-corrected chi connectivity index (χ0v) is 18.1. The number of esters is 1. The first-order valence-electron chi connectivity index (χ1n) is 10.2. The van der Waals surface area contributed by atoms with E-state index in [1.165, 1.54) is 41.5 Å². The lowest BCUT2D eigenvalue weighted by atomic mass is 9.95. The highest BCUT2D eigenvalue weighted by molar-refractivity contribution is 6.23. The molecule has 1 aliphatic heterocycles. The standard InChI is InChI=1S/C23H26N2O6/c1-5-23(3,4)25(21(28)18-8-7-13-31-18)17-14-19(26)24(20(17)27)16-11-9-15(10-12-16)22(29)30-6-2/h7-13,17H,5-6,14H2,1-4H3. The summed E-state index contributed by atoms with van der Waals surface area (Å²) in [7, 11) is 0. The highest BCUT2D eigenvalue weighted by atomic mass is 16.5. The van der Waals surface area contributed by atoms with E-state index in [1.807, 2.05) is 20.8 Å². The van der Waals surface area contributed by atoms with E-state index in [0.717, 1.165) is 4.90 Å². The van der Waals surface area contributed by atoms with Gasteiger partial charge >= 0.3 is 5.97 Å². The predicted octanol–water partition coefficient (Wildman–Crippen LogP) is 3.42. The minimum Gasteiger partial charge on any atom is -0.462 e. The van der Waals surface area contributed by atoms with Crippen LogP contribution in [-0.4, -0.2) is 46.8 Å². The molecule has 1 aromatic heterocycles. The van der Waals surface area contributed by atoms with Gasteiger partial charge in [-0.15, -0.1) is 0 Å². The van der Waals surface area contributed by atoms with Gasteiger partial charge in [-0.3, -0.25) is 14.4 Å². The van der Waals surface area contributed by atoms with Gasteiger partial charge in [0, 0.05) is 5.54 Å². The average molecular weight is 426 g/mol. The molecule has 1 aliphatic rings. The molecule has 164 valence electrons. The predicted molar refractivity (Wildman–Crippen MR) is 113 cm³/mol. The molecule has 0 radical (unpaired) electrons. The minimum atomic E-state index is -0.954. The van der Waals surface area contributed by atoms with Gasteiger partial charge < -0.3 is 14.1 Å². The van der Waals surface area contributed by atoms with Crippen LogP contribution in [0.4, 0.5) is 5.69 Å². The number of imide groups is 1. The second-order valence-corrected chi connectivity index (χ2v) is 7.87. The van der Waals surface area contributed by atoms with E-state index >= 15 is 0 Å². The summed E-state index contributed by atoms with van der Waals surface area (Å²) in [6.07, 6.45) is 1.84. The molecule has 0 saturated carbocycles. The lowest BCUT2D eigenvalue weighted by Gasteiger charge is -2.40. The van der Waals surface area contributed by atoms with E-state index in [0.29, 0.717) is 17.7 Å². The number of anilines is 1. The maximum absolute atomic E-state index is 13.3. The molecule has 0 bridgehead atoms. The molecule has 2 heterocycles. The van der Waals surface area contributed by atoms with Crippen molar-refractivity contribution in [3.8, 4) is 0 Å². The summed E-state index contributed by atoms with van der Waals surface area (Å²) in [6, 6.07) is 8.23. The zero-order chi connectivity index (χ0) is 22.8. The third kappa shape index (κ3) is 4.23. The van der Waals surface area contributed by atoms with Crippen LogP contribution in [0.15, 0.2) is 47.1 Å². The lowest BCUT2D eigenvalue weighted by Crippen LogP contribution is -2.55. The van der Waals surface area contributed by atoms with Gasteiger partial charge in [-0.25, -0.2) is 9.69 Å². The van der Waals surface area contributed by atoms with Crippen LogP contribution in [0.3, 0.4) is 0 Å². The SMILES string of the molecule is CCOC(=O)c1ccc(N2C(=O)CC(N(C(=O)c3ccco3)C(C)(C)CC)C2=O)cc1. The normalized spacial score (nSPS) is 16.5. The van der Waals surface area contributed by atoms with E-state index in [4.69, 9.17) is 9.15 Å². The van der Waals surface area contributed by atoms with Crippen molar-refractivity contribution in [2.45, 2.75) is 52.1 Å². The number of benzene rings is 1. The molecule has 1 fully saturated rings. The fourth-order valence-corrected chi connectivity index (χ4v) is 3.58. The van der Waals surface area contributed by atoms with Gasteiger partial charge in [0.25, 0.3) is 11.8 Å². The number of carbonyl (C=O) groups excluding carboxylic acids is 4. The van der Waals surface area contributed by atoms with Gasteiger partial charge in [0.2, 0.25) is 5.91 Å². The van der Waals surface area contributed by atoms with Gasteiger partial charge in [0.15, 0.2) is 5.76 Å². The highest BCUT2D eigenvalue weighted by Gasteiger charge is 2.48. The number of furan rings is 1. The van der Waals surface area contributed by atoms with Crippen molar-refractivity contribution in [1.82, 2.24) is 4.90 Å². The maximum atomic E-state index is 13.3. The Kier molecular flexibility index (Phi) is 6.29. The van der Waals surface area contributed by atoms with Gasteiger partial charge in [0.05, 0.1) is 30.5 Å². The molecule has 2 aromatic rings. The second kappa shape index (κ2) is 8.75. The third-order valence-electron chi connectivity index (χ3n) is 5.54. The average Bonchev–Trinajstić information content (AvgIpc) is 3.37. The number of hydrogen-bond acceptors (Lipinski definition) is 6. The first kappa shape index (κ1) is 22.3. The number of ether oxygens (including phenoxy) is 1. The number of hydrogen-bond donors (Lipinski definition) is 0. The van der Waals surface area contributed by atoms with Crippen LogP contribution >= 0.6 is 0 Å². The van der Waals surface area contributed by atoms with Crippen LogP contribution in [0.5, 0.6) is 0 Å². The van der Waals surface area contributed by atoms with Crippen molar-refractivity contribution < 1.29 is 28.3 Å². The Labute approximate surface area is 180 Å². The van der Waals surface area contributed by atoms with Crippen LogP contribution in [0.25, 0.3) is 0 Å². The van der Waals surface area contributed by atoms with Crippen molar-refractivity contribution >= 4 is 29.4 Å². The Morgan fingerprint density at radius 3 is 2.39 bits per heavy atom. The van der Waals surface area contributed by atoms with Crippen LogP contribution in [0.2, 0.25) is 0 Å². The molecule has 31 heavy (non-hydrogen) atoms. The molecule has 3 amide bonds. The van der Waals surface area contributed by atoms with Gasteiger partial charge in [-0.1, -0.05) is 6.92 Å². The lowest BCUT2D eigenvalue weighted by molar-refractivity contribution is -0.123. The van der Waals surface area contributed by atoms with Crippen molar-refractivity contribution in [3.63, 3.8) is 0 Å². The van der Waals surface area contributed by atoms with Gasteiger partial charge in [-0.05, 0) is 63.6 Å². The van der Waals surface area contributed by atoms with E-state index in [-0.39, 0.29) is 18.8 Å². The van der Waals surface area contributed by atoms with Crippen LogP contribution in [0.1, 0.15) is 61.4 Å². The molecule has 3 rings (SSSR count). The summed E-state index contributed by atoms with van der Waals surface area (Å²) in [5.41, 5.74) is -0.0258. The van der Waals surface area contributed by atoms with Crippen LogP contribution in [0, 0.1) is 0 Å². The fraction of sp³-hybridized carbons (Fsp3) is 0.391. The van der Waals surface area contributed by atoms with Crippen molar-refractivity contribution in [3.05, 3.63) is 54.0 Å². The summed E-state index contributed by atoms with van der Waals surface area (Å²) >= 11 is 0. The van der Waals surface area contributed by atoms with E-state index < -0.39 is 35.3 Å². The second-order valence-electron chi connectivity index (χ2n) is 7.87. The molecule has 1 aromatic carbocycles. The Balaban J connectivity index is 1.91. The Morgan fingerprint density at radius 1 is 1.16 bits per heavy atom. The maximum Gasteiger partial charge on any atom is 0.338 e. The zero-order valence-electron chi connectivity index (χ0n) is 18.1. The largest absolute Gasteiger partial charge is 0.462 e. The summed E-state index contributed by atoms with van der Waals surface area (Å²) in [5.74, 6) is -1.72. The molecule has 1 unspecified atom stereocenters. The summed E-state index contributed by atoms with van der Waals surface area (Å²) in [4.78, 5) is 53.6. The summed E-state index contributed by atoms with van der Waals surface area (Å²) in [6.45, 7) is 7.57. The Hall–Kier alpha value is -3.42. The van der Waals surface area contributed by atoms with Crippen LogP contribution in [-0.2, 0) is 14.3 Å². The molecule has 0 N–H and O–H groups in total.